The van der Waals surface area contributed by atoms with Crippen molar-refractivity contribution in [3.63, 3.8) is 0 Å². The van der Waals surface area contributed by atoms with Crippen LogP contribution in [0.25, 0.3) is 5.65 Å². The molecule has 0 aromatic carbocycles. The van der Waals surface area contributed by atoms with Crippen LogP contribution in [0.4, 0.5) is 5.82 Å². The molecule has 1 saturated heterocycles. The molecule has 3 rings (SSSR count). The highest BCUT2D eigenvalue weighted by molar-refractivity contribution is 5.56. The summed E-state index contributed by atoms with van der Waals surface area (Å²) >= 11 is 0. The number of hydrogen-bond acceptors (Lipinski definition) is 4. The summed E-state index contributed by atoms with van der Waals surface area (Å²) in [6.45, 7) is 1.80. The molecule has 0 amide bonds. The van der Waals surface area contributed by atoms with Gasteiger partial charge in [0.15, 0.2) is 5.82 Å². The normalized spacial score (nSPS) is 20.1. The second-order valence-corrected chi connectivity index (χ2v) is 4.92. The average molecular weight is 261 g/mol. The van der Waals surface area contributed by atoms with Crippen LogP contribution in [-0.2, 0) is 11.3 Å². The second-order valence-electron chi connectivity index (χ2n) is 4.92. The number of hydrogen-bond donors (Lipinski definition) is 1. The number of aliphatic hydroxyl groups excluding tert-OH is 1. The molecule has 1 N–H and O–H groups in total. The van der Waals surface area contributed by atoms with Gasteiger partial charge in [0.1, 0.15) is 5.65 Å². The molecule has 0 aliphatic carbocycles. The van der Waals surface area contributed by atoms with Gasteiger partial charge in [-0.3, -0.25) is 4.40 Å². The zero-order valence-corrected chi connectivity index (χ0v) is 11.1. The Morgan fingerprint density at radius 2 is 2.37 bits per heavy atom. The lowest BCUT2D eigenvalue weighted by atomic mass is 10.1. The Labute approximate surface area is 112 Å². The standard InChI is InChI=1S/C14H19N3O2/c1-19-11-5-4-7-16(9-11)14-12(10-18)17-8-3-2-6-13(17)15-14/h2-3,6,8,11,18H,4-5,7,9-10H2,1H3. The number of pyridine rings is 1. The molecule has 1 fully saturated rings. The third-order valence-corrected chi connectivity index (χ3v) is 3.77. The van der Waals surface area contributed by atoms with Gasteiger partial charge >= 0.3 is 0 Å². The lowest BCUT2D eigenvalue weighted by Gasteiger charge is -2.32. The van der Waals surface area contributed by atoms with E-state index in [1.54, 1.807) is 7.11 Å². The molecule has 1 unspecified atom stereocenters. The van der Waals surface area contributed by atoms with Gasteiger partial charge in [-0.05, 0) is 25.0 Å². The van der Waals surface area contributed by atoms with E-state index >= 15 is 0 Å². The topological polar surface area (TPSA) is 50.0 Å². The molecule has 5 heteroatoms. The monoisotopic (exact) mass is 261 g/mol. The van der Waals surface area contributed by atoms with Crippen LogP contribution < -0.4 is 4.90 Å². The van der Waals surface area contributed by atoms with Gasteiger partial charge in [0.25, 0.3) is 0 Å². The Bertz CT molecular complexity index is 567. The predicted molar refractivity (Wildman–Crippen MR) is 73.4 cm³/mol. The summed E-state index contributed by atoms with van der Waals surface area (Å²) in [6.07, 6.45) is 4.38. The number of fused-ring (bicyclic) bond motifs is 1. The third-order valence-electron chi connectivity index (χ3n) is 3.77. The molecule has 0 radical (unpaired) electrons. The summed E-state index contributed by atoms with van der Waals surface area (Å²) in [6, 6.07) is 5.87. The number of nitrogens with zero attached hydrogens (tertiary/aromatic N) is 3. The molecular formula is C14H19N3O2. The first-order valence-corrected chi connectivity index (χ1v) is 6.68. The maximum atomic E-state index is 9.64. The smallest absolute Gasteiger partial charge is 0.153 e. The van der Waals surface area contributed by atoms with Crippen molar-refractivity contribution in [2.45, 2.75) is 25.6 Å². The van der Waals surface area contributed by atoms with Gasteiger partial charge in [-0.1, -0.05) is 6.07 Å². The van der Waals surface area contributed by atoms with Gasteiger partial charge < -0.3 is 14.7 Å². The average Bonchev–Trinajstić information content (AvgIpc) is 2.86. The Balaban J connectivity index is 1.99. The molecule has 1 atom stereocenters. The minimum absolute atomic E-state index is 0.00530. The lowest BCUT2D eigenvalue weighted by molar-refractivity contribution is 0.0890. The Kier molecular flexibility index (Phi) is 3.40. The van der Waals surface area contributed by atoms with E-state index in [1.807, 2.05) is 28.8 Å². The van der Waals surface area contributed by atoms with E-state index in [-0.39, 0.29) is 12.7 Å². The van der Waals surface area contributed by atoms with Gasteiger partial charge in [-0.25, -0.2) is 4.98 Å². The molecule has 1 aliphatic rings. The maximum absolute atomic E-state index is 9.64. The summed E-state index contributed by atoms with van der Waals surface area (Å²) < 4.78 is 7.40. The van der Waals surface area contributed by atoms with Gasteiger partial charge in [0, 0.05) is 26.4 Å². The summed E-state index contributed by atoms with van der Waals surface area (Å²) in [5.41, 5.74) is 1.73. The van der Waals surface area contributed by atoms with Crippen molar-refractivity contribution >= 4 is 11.5 Å². The summed E-state index contributed by atoms with van der Waals surface area (Å²) in [5, 5.41) is 9.64. The van der Waals surface area contributed by atoms with E-state index in [1.165, 1.54) is 0 Å². The first kappa shape index (κ1) is 12.4. The molecule has 2 aromatic rings. The fourth-order valence-corrected chi connectivity index (χ4v) is 2.76. The van der Waals surface area contributed by atoms with E-state index in [9.17, 15) is 5.11 Å². The molecule has 2 aromatic heterocycles. The molecule has 19 heavy (non-hydrogen) atoms. The van der Waals surface area contributed by atoms with E-state index in [4.69, 9.17) is 4.74 Å². The Morgan fingerprint density at radius 1 is 1.47 bits per heavy atom. The first-order chi connectivity index (χ1) is 9.33. The molecule has 0 spiro atoms. The second kappa shape index (κ2) is 5.19. The first-order valence-electron chi connectivity index (χ1n) is 6.68. The SMILES string of the molecule is COC1CCCN(c2nc3ccccn3c2CO)C1. The van der Waals surface area contributed by atoms with Crippen molar-refractivity contribution < 1.29 is 9.84 Å². The van der Waals surface area contributed by atoms with Crippen molar-refractivity contribution in [1.82, 2.24) is 9.38 Å². The highest BCUT2D eigenvalue weighted by Crippen LogP contribution is 2.25. The van der Waals surface area contributed by atoms with E-state index < -0.39 is 0 Å². The predicted octanol–water partition coefficient (Wildman–Crippen LogP) is 1.44. The number of ether oxygens (including phenoxy) is 1. The fraction of sp³-hybridized carbons (Fsp3) is 0.500. The highest BCUT2D eigenvalue weighted by atomic mass is 16.5. The molecule has 3 heterocycles. The molecule has 0 saturated carbocycles. The van der Waals surface area contributed by atoms with Crippen molar-refractivity contribution in [2.24, 2.45) is 0 Å². The summed E-state index contributed by atoms with van der Waals surface area (Å²) in [5.74, 6) is 0.885. The molecule has 0 bridgehead atoms. The molecule has 1 aliphatic heterocycles. The zero-order chi connectivity index (χ0) is 13.2. The van der Waals surface area contributed by atoms with E-state index in [0.717, 1.165) is 43.1 Å². The number of methoxy groups -OCH3 is 1. The summed E-state index contributed by atoms with van der Waals surface area (Å²) in [7, 11) is 1.75. The van der Waals surface area contributed by atoms with Crippen LogP contribution in [0.3, 0.4) is 0 Å². The Morgan fingerprint density at radius 3 is 3.16 bits per heavy atom. The van der Waals surface area contributed by atoms with Crippen LogP contribution in [0.5, 0.6) is 0 Å². The number of piperidine rings is 1. The van der Waals surface area contributed by atoms with Crippen LogP contribution in [-0.4, -0.2) is 40.8 Å². The van der Waals surface area contributed by atoms with Crippen LogP contribution in [0, 0.1) is 0 Å². The quantitative estimate of drug-likeness (QED) is 0.908. The number of anilines is 1. The number of rotatable bonds is 3. The largest absolute Gasteiger partial charge is 0.390 e. The summed E-state index contributed by atoms with van der Waals surface area (Å²) in [4.78, 5) is 6.87. The van der Waals surface area contributed by atoms with Crippen molar-refractivity contribution in [3.05, 3.63) is 30.1 Å². The highest BCUT2D eigenvalue weighted by Gasteiger charge is 2.24. The lowest BCUT2D eigenvalue weighted by Crippen LogP contribution is -2.39. The van der Waals surface area contributed by atoms with Crippen molar-refractivity contribution in [2.75, 3.05) is 25.1 Å². The third kappa shape index (κ3) is 2.19. The van der Waals surface area contributed by atoms with Gasteiger partial charge in [-0.2, -0.15) is 0 Å². The van der Waals surface area contributed by atoms with Crippen LogP contribution >= 0.6 is 0 Å². The number of aliphatic hydroxyl groups is 1. The Hall–Kier alpha value is -1.59. The fourth-order valence-electron chi connectivity index (χ4n) is 2.76. The maximum Gasteiger partial charge on any atom is 0.153 e. The molecular weight excluding hydrogens is 242 g/mol. The van der Waals surface area contributed by atoms with Gasteiger partial charge in [-0.15, -0.1) is 0 Å². The van der Waals surface area contributed by atoms with E-state index in [2.05, 4.69) is 9.88 Å². The van der Waals surface area contributed by atoms with Crippen molar-refractivity contribution in [1.29, 1.82) is 0 Å². The minimum atomic E-state index is -0.00530. The van der Waals surface area contributed by atoms with Crippen molar-refractivity contribution in [3.8, 4) is 0 Å². The number of imidazole rings is 1. The van der Waals surface area contributed by atoms with Crippen LogP contribution in [0.15, 0.2) is 24.4 Å². The zero-order valence-electron chi connectivity index (χ0n) is 11.1. The minimum Gasteiger partial charge on any atom is -0.390 e. The van der Waals surface area contributed by atoms with E-state index in [0.29, 0.717) is 0 Å². The van der Waals surface area contributed by atoms with Gasteiger partial charge in [0.2, 0.25) is 0 Å². The van der Waals surface area contributed by atoms with Gasteiger partial charge in [0.05, 0.1) is 18.4 Å². The van der Waals surface area contributed by atoms with Crippen LogP contribution in [0.1, 0.15) is 18.5 Å². The molecule has 5 nitrogen and oxygen atoms in total. The molecule has 102 valence electrons. The van der Waals surface area contributed by atoms with Crippen LogP contribution in [0.2, 0.25) is 0 Å². The number of aromatic nitrogens is 2.